The number of epoxide rings is 1. The summed E-state index contributed by atoms with van der Waals surface area (Å²) < 4.78 is 65.9. The zero-order valence-corrected chi connectivity index (χ0v) is 25.6. The van der Waals surface area contributed by atoms with Gasteiger partial charge in [-0.15, -0.1) is 0 Å². The molecular formula is C32H38N2O8S2. The van der Waals surface area contributed by atoms with E-state index in [1.165, 1.54) is 23.3 Å². The molecule has 2 heterocycles. The lowest BCUT2D eigenvalue weighted by Gasteiger charge is -2.10. The second-order valence-corrected chi connectivity index (χ2v) is 13.0. The predicted octanol–water partition coefficient (Wildman–Crippen LogP) is 4.27. The van der Waals surface area contributed by atoms with Crippen LogP contribution in [0.4, 0.5) is 0 Å². The first-order valence-electron chi connectivity index (χ1n) is 13.8. The summed E-state index contributed by atoms with van der Waals surface area (Å²) in [6.45, 7) is 1.32. The topological polar surface area (TPSA) is 189 Å². The summed E-state index contributed by atoms with van der Waals surface area (Å²) in [5.41, 5.74) is 8.86. The van der Waals surface area contributed by atoms with Crippen LogP contribution in [0.25, 0.3) is 0 Å². The standard InChI is InChI=1S/C8H11NO3S.C8H9N.C8H10O4S.C8H8O/c9-6-8(13(10,11)12)7-4-2-1-3-5-7;1-2-4-7(5-3-1)8-6-9-8;9-6-8(13(10,11)12)7-4-2-1-3-5-7;1-2-4-7(5-3-1)8-6-9-8/h1-5,8H,6,9H2,(H,10,11,12);1-5,8-9H,6H2;1-5,8-9H,6H2,(H,10,11,12);1-5,8H,6H2. The first kappa shape index (κ1) is 35.0. The molecule has 6 rings (SSSR count). The molecule has 4 atom stereocenters. The first-order chi connectivity index (χ1) is 21.0. The molecular weight excluding hydrogens is 604 g/mol. The highest BCUT2D eigenvalue weighted by Gasteiger charge is 2.25. The molecule has 0 aromatic heterocycles. The Morgan fingerprint density at radius 3 is 1.36 bits per heavy atom. The van der Waals surface area contributed by atoms with E-state index in [-0.39, 0.29) is 6.54 Å². The van der Waals surface area contributed by atoms with Crippen molar-refractivity contribution in [1.82, 2.24) is 5.32 Å². The molecule has 4 aromatic rings. The molecule has 2 aliphatic heterocycles. The van der Waals surface area contributed by atoms with Crippen molar-refractivity contribution in [2.75, 3.05) is 26.3 Å². The van der Waals surface area contributed by atoms with Crippen LogP contribution in [0.2, 0.25) is 0 Å². The molecule has 0 bridgehead atoms. The number of aliphatic hydroxyl groups is 1. The molecule has 4 unspecified atom stereocenters. The van der Waals surface area contributed by atoms with Crippen molar-refractivity contribution in [2.24, 2.45) is 5.73 Å². The minimum absolute atomic E-state index is 0.122. The smallest absolute Gasteiger partial charge is 0.274 e. The van der Waals surface area contributed by atoms with E-state index in [2.05, 4.69) is 41.7 Å². The Morgan fingerprint density at radius 1 is 0.682 bits per heavy atom. The fourth-order valence-corrected chi connectivity index (χ4v) is 5.46. The SMILES string of the molecule is NCC(c1ccccc1)S(=O)(=O)O.O=S(=O)(O)C(CO)c1ccccc1.c1ccc(C2CN2)cc1.c1ccc(C2CO2)cc1. The maximum atomic E-state index is 10.8. The third-order valence-electron chi connectivity index (χ3n) is 6.56. The molecule has 2 fully saturated rings. The van der Waals surface area contributed by atoms with E-state index >= 15 is 0 Å². The fraction of sp³-hybridized carbons (Fsp3) is 0.250. The summed E-state index contributed by atoms with van der Waals surface area (Å²) in [6, 6.07) is 37.9. The van der Waals surface area contributed by atoms with Gasteiger partial charge in [0.25, 0.3) is 20.2 Å². The van der Waals surface area contributed by atoms with Crippen molar-refractivity contribution in [3.63, 3.8) is 0 Å². The molecule has 0 spiro atoms. The molecule has 44 heavy (non-hydrogen) atoms. The maximum Gasteiger partial charge on any atom is 0.274 e. The predicted molar refractivity (Wildman–Crippen MR) is 170 cm³/mol. The van der Waals surface area contributed by atoms with Crippen molar-refractivity contribution < 1.29 is 35.8 Å². The van der Waals surface area contributed by atoms with Gasteiger partial charge in [0, 0.05) is 19.1 Å². The van der Waals surface area contributed by atoms with Crippen molar-refractivity contribution >= 4 is 20.2 Å². The zero-order valence-electron chi connectivity index (χ0n) is 24.0. The fourth-order valence-electron chi connectivity index (χ4n) is 4.02. The van der Waals surface area contributed by atoms with E-state index < -0.39 is 37.3 Å². The van der Waals surface area contributed by atoms with Crippen LogP contribution >= 0.6 is 0 Å². The van der Waals surface area contributed by atoms with Gasteiger partial charge in [-0.2, -0.15) is 16.8 Å². The van der Waals surface area contributed by atoms with Gasteiger partial charge < -0.3 is 20.9 Å². The van der Waals surface area contributed by atoms with E-state index in [0.717, 1.165) is 13.2 Å². The van der Waals surface area contributed by atoms with E-state index in [9.17, 15) is 16.8 Å². The van der Waals surface area contributed by atoms with Gasteiger partial charge >= 0.3 is 0 Å². The van der Waals surface area contributed by atoms with Crippen molar-refractivity contribution in [3.8, 4) is 0 Å². The lowest BCUT2D eigenvalue weighted by Crippen LogP contribution is -2.21. The Labute approximate surface area is 259 Å². The Kier molecular flexibility index (Phi) is 13.6. The summed E-state index contributed by atoms with van der Waals surface area (Å²) in [5, 5.41) is 9.76. The lowest BCUT2D eigenvalue weighted by molar-refractivity contribution is 0.285. The van der Waals surface area contributed by atoms with Gasteiger partial charge in [-0.1, -0.05) is 121 Å². The summed E-state index contributed by atoms with van der Waals surface area (Å²) in [6.07, 6.45) is 0.409. The molecule has 10 nitrogen and oxygen atoms in total. The minimum Gasteiger partial charge on any atom is -0.395 e. The molecule has 12 heteroatoms. The Bertz CT molecular complexity index is 1460. The number of hydrogen-bond acceptors (Lipinski definition) is 8. The van der Waals surface area contributed by atoms with Crippen LogP contribution in [-0.2, 0) is 25.0 Å². The highest BCUT2D eigenvalue weighted by Crippen LogP contribution is 2.28. The quantitative estimate of drug-likeness (QED) is 0.137. The van der Waals surface area contributed by atoms with Crippen LogP contribution in [0.3, 0.4) is 0 Å². The Hall–Kier alpha value is -3.46. The third-order valence-corrected chi connectivity index (χ3v) is 8.88. The van der Waals surface area contributed by atoms with E-state index in [4.69, 9.17) is 24.7 Å². The van der Waals surface area contributed by atoms with Gasteiger partial charge in [0.1, 0.15) is 16.6 Å². The number of nitrogens with two attached hydrogens (primary N) is 1. The van der Waals surface area contributed by atoms with Crippen LogP contribution in [0.5, 0.6) is 0 Å². The Morgan fingerprint density at radius 2 is 1.05 bits per heavy atom. The Balaban J connectivity index is 0.000000162. The molecule has 0 saturated carbocycles. The van der Waals surface area contributed by atoms with Crippen molar-refractivity contribution in [3.05, 3.63) is 144 Å². The maximum absolute atomic E-state index is 10.8. The summed E-state index contributed by atoms with van der Waals surface area (Å²) in [4.78, 5) is 0. The lowest BCUT2D eigenvalue weighted by atomic mass is 10.1. The molecule has 0 amide bonds. The first-order valence-corrected chi connectivity index (χ1v) is 16.8. The highest BCUT2D eigenvalue weighted by atomic mass is 32.2. The number of ether oxygens (including phenoxy) is 1. The molecule has 4 aromatic carbocycles. The largest absolute Gasteiger partial charge is 0.395 e. The normalized spacial score (nSPS) is 18.0. The van der Waals surface area contributed by atoms with Crippen LogP contribution in [0, 0.1) is 0 Å². The monoisotopic (exact) mass is 642 g/mol. The average molecular weight is 643 g/mol. The van der Waals surface area contributed by atoms with Crippen LogP contribution in [0.15, 0.2) is 121 Å². The van der Waals surface area contributed by atoms with E-state index in [0.29, 0.717) is 23.3 Å². The average Bonchev–Trinajstić information content (AvgIpc) is 3.94. The summed E-state index contributed by atoms with van der Waals surface area (Å²) in [7, 11) is -8.31. The van der Waals surface area contributed by atoms with Gasteiger partial charge in [-0.3, -0.25) is 9.11 Å². The summed E-state index contributed by atoms with van der Waals surface area (Å²) >= 11 is 0. The molecule has 2 aliphatic rings. The van der Waals surface area contributed by atoms with E-state index in [1.54, 1.807) is 48.5 Å². The molecule has 2 saturated heterocycles. The molecule has 236 valence electrons. The number of hydrogen-bond donors (Lipinski definition) is 5. The van der Waals surface area contributed by atoms with Crippen molar-refractivity contribution in [2.45, 2.75) is 22.6 Å². The zero-order chi connectivity index (χ0) is 32.0. The molecule has 0 radical (unpaired) electrons. The van der Waals surface area contributed by atoms with Gasteiger partial charge in [0.2, 0.25) is 0 Å². The molecule has 0 aliphatic carbocycles. The minimum atomic E-state index is -4.22. The number of nitrogens with one attached hydrogen (secondary N) is 1. The van der Waals surface area contributed by atoms with Crippen LogP contribution < -0.4 is 11.1 Å². The summed E-state index contributed by atoms with van der Waals surface area (Å²) in [5.74, 6) is 0. The highest BCUT2D eigenvalue weighted by molar-refractivity contribution is 7.86. The third kappa shape index (κ3) is 12.3. The second kappa shape index (κ2) is 17.1. The second-order valence-electron chi connectivity index (χ2n) is 9.85. The van der Waals surface area contributed by atoms with Gasteiger partial charge in [0.05, 0.1) is 13.2 Å². The van der Waals surface area contributed by atoms with Crippen molar-refractivity contribution in [1.29, 1.82) is 0 Å². The van der Waals surface area contributed by atoms with E-state index in [1.807, 2.05) is 24.3 Å². The molecule has 6 N–H and O–H groups in total. The number of aliphatic hydroxyl groups excluding tert-OH is 1. The van der Waals surface area contributed by atoms with Crippen LogP contribution in [-0.4, -0.2) is 57.4 Å². The van der Waals surface area contributed by atoms with Crippen LogP contribution in [0.1, 0.15) is 44.9 Å². The van der Waals surface area contributed by atoms with Gasteiger partial charge in [0.15, 0.2) is 0 Å². The van der Waals surface area contributed by atoms with Gasteiger partial charge in [-0.05, 0) is 22.3 Å². The van der Waals surface area contributed by atoms with Gasteiger partial charge in [-0.25, -0.2) is 0 Å². The number of benzene rings is 4. The number of rotatable bonds is 8.